The highest BCUT2D eigenvalue weighted by molar-refractivity contribution is 9.10. The van der Waals surface area contributed by atoms with Gasteiger partial charge in [0.2, 0.25) is 5.88 Å². The van der Waals surface area contributed by atoms with Crippen molar-refractivity contribution in [2.45, 2.75) is 26.4 Å². The molecule has 3 heterocycles. The minimum atomic E-state index is -0.00745. The van der Waals surface area contributed by atoms with Gasteiger partial charge in [0.15, 0.2) is 0 Å². The summed E-state index contributed by atoms with van der Waals surface area (Å²) in [5.74, 6) is 0.644. The Kier molecular flexibility index (Phi) is 4.44. The molecule has 1 saturated heterocycles. The second-order valence-electron chi connectivity index (χ2n) is 5.24. The number of amides is 1. The molecule has 5 nitrogen and oxygen atoms in total. The first-order valence-corrected chi connectivity index (χ1v) is 8.65. The normalized spacial score (nSPS) is 17.8. The number of likely N-dealkylation sites (tertiary alicyclic amines) is 1. The molecule has 0 N–H and O–H groups in total. The molecule has 116 valence electrons. The van der Waals surface area contributed by atoms with Crippen LogP contribution in [-0.2, 0) is 0 Å². The van der Waals surface area contributed by atoms with Crippen LogP contribution in [0.2, 0.25) is 0 Å². The summed E-state index contributed by atoms with van der Waals surface area (Å²) >= 11 is 4.80. The van der Waals surface area contributed by atoms with E-state index in [1.54, 1.807) is 6.20 Å². The highest BCUT2D eigenvalue weighted by Gasteiger charge is 2.30. The van der Waals surface area contributed by atoms with Gasteiger partial charge in [0, 0.05) is 29.7 Å². The molecule has 1 fully saturated rings. The van der Waals surface area contributed by atoms with E-state index in [1.165, 1.54) is 11.3 Å². The van der Waals surface area contributed by atoms with Gasteiger partial charge in [-0.25, -0.2) is 9.97 Å². The van der Waals surface area contributed by atoms with Gasteiger partial charge in [-0.05, 0) is 35.8 Å². The predicted octanol–water partition coefficient (Wildman–Crippen LogP) is 3.21. The van der Waals surface area contributed by atoms with E-state index < -0.39 is 0 Å². The number of pyridine rings is 1. The Balaban J connectivity index is 1.63. The van der Waals surface area contributed by atoms with Crippen LogP contribution in [0.15, 0.2) is 22.8 Å². The molecule has 0 aromatic carbocycles. The summed E-state index contributed by atoms with van der Waals surface area (Å²) in [5.41, 5.74) is 0.812. The summed E-state index contributed by atoms with van der Waals surface area (Å²) in [7, 11) is 0. The Morgan fingerprint density at radius 3 is 2.91 bits per heavy atom. The second kappa shape index (κ2) is 6.34. The van der Waals surface area contributed by atoms with E-state index >= 15 is 0 Å². The average Bonchev–Trinajstić information content (AvgIpc) is 3.07. The highest BCUT2D eigenvalue weighted by Crippen LogP contribution is 2.23. The number of nitrogens with zero attached hydrogens (tertiary/aromatic N) is 3. The molecular formula is C15H16BrN3O2S. The molecule has 7 heteroatoms. The summed E-state index contributed by atoms with van der Waals surface area (Å²) in [6, 6.07) is 3.72. The number of aromatic nitrogens is 2. The summed E-state index contributed by atoms with van der Waals surface area (Å²) in [5, 5.41) is 0.923. The van der Waals surface area contributed by atoms with Crippen LogP contribution >= 0.6 is 27.3 Å². The number of carbonyl (C=O) groups is 1. The van der Waals surface area contributed by atoms with Crippen LogP contribution < -0.4 is 4.74 Å². The van der Waals surface area contributed by atoms with Crippen molar-refractivity contribution in [2.24, 2.45) is 0 Å². The second-order valence-corrected chi connectivity index (χ2v) is 7.36. The maximum atomic E-state index is 12.5. The van der Waals surface area contributed by atoms with Crippen molar-refractivity contribution in [3.63, 3.8) is 0 Å². The van der Waals surface area contributed by atoms with Crippen molar-refractivity contribution in [2.75, 3.05) is 13.1 Å². The van der Waals surface area contributed by atoms with Gasteiger partial charge in [0.25, 0.3) is 5.91 Å². The van der Waals surface area contributed by atoms with E-state index in [0.717, 1.165) is 26.5 Å². The van der Waals surface area contributed by atoms with Crippen molar-refractivity contribution in [1.82, 2.24) is 14.9 Å². The average molecular weight is 382 g/mol. The van der Waals surface area contributed by atoms with E-state index in [0.29, 0.717) is 19.0 Å². The maximum Gasteiger partial charge on any atom is 0.265 e. The third-order valence-corrected chi connectivity index (χ3v) is 5.05. The Morgan fingerprint density at radius 1 is 1.45 bits per heavy atom. The van der Waals surface area contributed by atoms with Crippen molar-refractivity contribution in [3.05, 3.63) is 38.4 Å². The minimum absolute atomic E-state index is 0.00745. The van der Waals surface area contributed by atoms with Crippen LogP contribution in [0.4, 0.5) is 0 Å². The molecule has 1 atom stereocenters. The first-order valence-electron chi connectivity index (χ1n) is 7.04. The summed E-state index contributed by atoms with van der Waals surface area (Å²) in [6.07, 6.45) is 2.52. The molecule has 2 aromatic rings. The molecule has 2 aromatic heterocycles. The van der Waals surface area contributed by atoms with Gasteiger partial charge in [-0.1, -0.05) is 0 Å². The van der Waals surface area contributed by atoms with Gasteiger partial charge in [-0.2, -0.15) is 0 Å². The molecular weight excluding hydrogens is 366 g/mol. The molecule has 1 aliphatic heterocycles. The summed E-state index contributed by atoms with van der Waals surface area (Å²) in [6.45, 7) is 5.10. The van der Waals surface area contributed by atoms with Crippen molar-refractivity contribution < 1.29 is 9.53 Å². The van der Waals surface area contributed by atoms with Crippen LogP contribution in [-0.4, -0.2) is 40.0 Å². The number of hydrogen-bond acceptors (Lipinski definition) is 5. The van der Waals surface area contributed by atoms with Crippen molar-refractivity contribution in [3.8, 4) is 5.88 Å². The topological polar surface area (TPSA) is 55.3 Å². The number of aryl methyl sites for hydroxylation is 2. The van der Waals surface area contributed by atoms with Crippen LogP contribution in [0.5, 0.6) is 5.88 Å². The van der Waals surface area contributed by atoms with Gasteiger partial charge in [0.1, 0.15) is 11.0 Å². The maximum absolute atomic E-state index is 12.5. The monoisotopic (exact) mass is 381 g/mol. The molecule has 0 radical (unpaired) electrons. The van der Waals surface area contributed by atoms with Crippen LogP contribution in [0, 0.1) is 13.8 Å². The number of ether oxygens (including phenoxy) is 1. The first-order chi connectivity index (χ1) is 10.5. The molecule has 0 aliphatic carbocycles. The fourth-order valence-corrected chi connectivity index (χ4v) is 3.61. The van der Waals surface area contributed by atoms with Gasteiger partial charge in [0.05, 0.1) is 17.2 Å². The Bertz CT molecular complexity index is 687. The van der Waals surface area contributed by atoms with E-state index in [-0.39, 0.29) is 12.0 Å². The SMILES string of the molecule is Cc1nc(C)c(C(=O)N2CCC(Oc3ccc(Br)cn3)C2)s1. The standard InChI is InChI=1S/C15H16BrN3O2S/c1-9-14(22-10(2)18-9)15(20)19-6-5-12(8-19)21-13-4-3-11(16)7-17-13/h3-4,7,12H,5-6,8H2,1-2H3. The number of thiazole rings is 1. The largest absolute Gasteiger partial charge is 0.472 e. The van der Waals surface area contributed by atoms with E-state index in [2.05, 4.69) is 25.9 Å². The molecule has 3 rings (SSSR count). The van der Waals surface area contributed by atoms with Crippen LogP contribution in [0.3, 0.4) is 0 Å². The lowest BCUT2D eigenvalue weighted by Gasteiger charge is -2.16. The van der Waals surface area contributed by atoms with Gasteiger partial charge in [-0.3, -0.25) is 4.79 Å². The lowest BCUT2D eigenvalue weighted by Crippen LogP contribution is -2.30. The van der Waals surface area contributed by atoms with Gasteiger partial charge < -0.3 is 9.64 Å². The summed E-state index contributed by atoms with van der Waals surface area (Å²) < 4.78 is 6.76. The van der Waals surface area contributed by atoms with E-state index in [9.17, 15) is 4.79 Å². The van der Waals surface area contributed by atoms with Crippen LogP contribution in [0.1, 0.15) is 26.8 Å². The quantitative estimate of drug-likeness (QED) is 0.818. The molecule has 1 amide bonds. The molecule has 0 spiro atoms. The lowest BCUT2D eigenvalue weighted by atomic mass is 10.3. The highest BCUT2D eigenvalue weighted by atomic mass is 79.9. The Hall–Kier alpha value is -1.47. The zero-order valence-corrected chi connectivity index (χ0v) is 14.8. The first kappa shape index (κ1) is 15.4. The zero-order valence-electron chi connectivity index (χ0n) is 12.4. The molecule has 22 heavy (non-hydrogen) atoms. The molecule has 1 unspecified atom stereocenters. The third-order valence-electron chi connectivity index (χ3n) is 3.52. The number of halogens is 1. The third kappa shape index (κ3) is 3.30. The number of rotatable bonds is 3. The van der Waals surface area contributed by atoms with Crippen molar-refractivity contribution in [1.29, 1.82) is 0 Å². The van der Waals surface area contributed by atoms with E-state index in [4.69, 9.17) is 4.74 Å². The lowest BCUT2D eigenvalue weighted by molar-refractivity contribution is 0.0775. The summed E-state index contributed by atoms with van der Waals surface area (Å²) in [4.78, 5) is 23.6. The molecule has 1 aliphatic rings. The minimum Gasteiger partial charge on any atom is -0.472 e. The van der Waals surface area contributed by atoms with Gasteiger partial charge >= 0.3 is 0 Å². The number of hydrogen-bond donors (Lipinski definition) is 0. The van der Waals surface area contributed by atoms with Crippen molar-refractivity contribution >= 4 is 33.2 Å². The fourth-order valence-electron chi connectivity index (χ4n) is 2.48. The number of carbonyl (C=O) groups excluding carboxylic acids is 1. The molecule has 0 saturated carbocycles. The molecule has 0 bridgehead atoms. The Morgan fingerprint density at radius 2 is 2.27 bits per heavy atom. The zero-order chi connectivity index (χ0) is 15.7. The van der Waals surface area contributed by atoms with Gasteiger partial charge in [-0.15, -0.1) is 11.3 Å². The fraction of sp³-hybridized carbons (Fsp3) is 0.400. The van der Waals surface area contributed by atoms with E-state index in [1.807, 2.05) is 30.9 Å². The Labute approximate surface area is 141 Å². The smallest absolute Gasteiger partial charge is 0.265 e. The predicted molar refractivity (Wildman–Crippen MR) is 88.5 cm³/mol. The van der Waals surface area contributed by atoms with Crippen LogP contribution in [0.25, 0.3) is 0 Å².